The van der Waals surface area contributed by atoms with Crippen LogP contribution < -0.4 is 10.6 Å². The Bertz CT molecular complexity index is 1030. The van der Waals surface area contributed by atoms with Crippen LogP contribution in [0.15, 0.2) is 60.7 Å². The number of amides is 2. The summed E-state index contributed by atoms with van der Waals surface area (Å²) in [5, 5.41) is 5.88. The van der Waals surface area contributed by atoms with Crippen LogP contribution in [0.2, 0.25) is 0 Å². The van der Waals surface area contributed by atoms with Crippen LogP contribution in [0.5, 0.6) is 0 Å². The second kappa shape index (κ2) is 11.8. The summed E-state index contributed by atoms with van der Waals surface area (Å²) in [5.41, 5.74) is 1.38. The predicted molar refractivity (Wildman–Crippen MR) is 139 cm³/mol. The largest absolute Gasteiger partial charge is 0.366 e. The molecule has 2 aliphatic rings. The van der Waals surface area contributed by atoms with Crippen molar-refractivity contribution in [2.75, 3.05) is 26.2 Å². The lowest BCUT2D eigenvalue weighted by Gasteiger charge is -2.31. The average Bonchev–Trinajstić information content (AvgIpc) is 3.50. The highest BCUT2D eigenvalue weighted by Gasteiger charge is 2.40. The molecule has 0 saturated carbocycles. The fraction of sp³-hybridized carbons (Fsp3) is 0.483. The van der Waals surface area contributed by atoms with Crippen molar-refractivity contribution in [1.29, 1.82) is 0 Å². The molecule has 192 valence electrons. The molecule has 0 bridgehead atoms. The predicted octanol–water partition coefficient (Wildman–Crippen LogP) is 2.99. The molecule has 0 aliphatic carbocycles. The number of Topliss-reactive ketones (excluding diaryl/α,β-unsaturated/α-hetero) is 1. The third-order valence-electron chi connectivity index (χ3n) is 7.03. The summed E-state index contributed by atoms with van der Waals surface area (Å²) >= 11 is 0. The number of hydrogen-bond acceptors (Lipinski definition) is 5. The summed E-state index contributed by atoms with van der Waals surface area (Å²) in [6, 6.07) is 17.5. The second-order valence-electron chi connectivity index (χ2n) is 10.7. The van der Waals surface area contributed by atoms with Crippen LogP contribution in [0.3, 0.4) is 0 Å². The van der Waals surface area contributed by atoms with E-state index in [2.05, 4.69) is 41.5 Å². The third-order valence-corrected chi connectivity index (χ3v) is 7.03. The summed E-state index contributed by atoms with van der Waals surface area (Å²) in [7, 11) is 0. The molecule has 36 heavy (non-hydrogen) atoms. The smallest absolute Gasteiger partial charge is 0.251 e. The number of nitrogens with zero attached hydrogens (tertiary/aromatic N) is 1. The number of benzene rings is 2. The van der Waals surface area contributed by atoms with Crippen LogP contribution in [0.25, 0.3) is 0 Å². The molecule has 7 heteroatoms. The first-order valence-electron chi connectivity index (χ1n) is 12.9. The van der Waals surface area contributed by atoms with Crippen LogP contribution in [0.1, 0.15) is 49.0 Å². The standard InChI is InChI=1S/C29H37N3O4/c1-29(2,17-21-11-5-3-6-12-21)18-23(30-27(34)22-13-7-4-8-14-22)28(35)31-26-24(33)20-36-25(26)19-32-15-9-10-16-32/h3-8,11-14,23,25-26H,9-10,15-20H2,1-2H3,(H,30,34)(H,31,35)/t23?,25-,26?/m0/s1. The minimum atomic E-state index is -0.794. The van der Waals surface area contributed by atoms with Crippen LogP contribution in [-0.2, 0) is 20.7 Å². The van der Waals surface area contributed by atoms with Crippen molar-refractivity contribution in [2.45, 2.75) is 57.7 Å². The van der Waals surface area contributed by atoms with Gasteiger partial charge in [-0.25, -0.2) is 0 Å². The third kappa shape index (κ3) is 7.02. The molecule has 3 atom stereocenters. The first-order valence-corrected chi connectivity index (χ1v) is 12.9. The lowest BCUT2D eigenvalue weighted by Crippen LogP contribution is -2.55. The number of carbonyl (C=O) groups is 3. The van der Waals surface area contributed by atoms with Gasteiger partial charge >= 0.3 is 0 Å². The Morgan fingerprint density at radius 3 is 2.33 bits per heavy atom. The van der Waals surface area contributed by atoms with Gasteiger partial charge in [-0.3, -0.25) is 14.4 Å². The minimum Gasteiger partial charge on any atom is -0.366 e. The number of hydrogen-bond donors (Lipinski definition) is 2. The minimum absolute atomic E-state index is 0.00396. The molecular weight excluding hydrogens is 454 g/mol. The van der Waals surface area contributed by atoms with E-state index in [1.54, 1.807) is 24.3 Å². The van der Waals surface area contributed by atoms with Crippen molar-refractivity contribution < 1.29 is 19.1 Å². The van der Waals surface area contributed by atoms with Crippen molar-refractivity contribution >= 4 is 17.6 Å². The van der Waals surface area contributed by atoms with Gasteiger partial charge in [0.15, 0.2) is 5.78 Å². The molecule has 2 heterocycles. The molecule has 2 saturated heterocycles. The first kappa shape index (κ1) is 26.0. The lowest BCUT2D eigenvalue weighted by atomic mass is 9.79. The number of likely N-dealkylation sites (tertiary alicyclic amines) is 1. The summed E-state index contributed by atoms with van der Waals surface area (Å²) in [5.74, 6) is -0.784. The average molecular weight is 492 g/mol. The Morgan fingerprint density at radius 1 is 1.03 bits per heavy atom. The highest BCUT2D eigenvalue weighted by atomic mass is 16.5. The molecule has 2 fully saturated rings. The molecule has 4 rings (SSSR count). The fourth-order valence-corrected chi connectivity index (χ4v) is 5.20. The van der Waals surface area contributed by atoms with Gasteiger partial charge in [0.2, 0.25) is 5.91 Å². The first-order chi connectivity index (χ1) is 17.3. The van der Waals surface area contributed by atoms with E-state index in [9.17, 15) is 14.4 Å². The van der Waals surface area contributed by atoms with E-state index in [1.807, 2.05) is 24.3 Å². The Kier molecular flexibility index (Phi) is 8.54. The monoisotopic (exact) mass is 491 g/mol. The highest BCUT2D eigenvalue weighted by molar-refractivity contribution is 5.99. The maximum Gasteiger partial charge on any atom is 0.251 e. The molecule has 2 N–H and O–H groups in total. The Labute approximate surface area is 213 Å². The SMILES string of the molecule is CC(C)(Cc1ccccc1)CC(NC(=O)c1ccccc1)C(=O)NC1C(=O)CO[C@H]1CN1CCCC1. The van der Waals surface area contributed by atoms with Crippen molar-refractivity contribution in [3.05, 3.63) is 71.8 Å². The zero-order valence-electron chi connectivity index (χ0n) is 21.2. The topological polar surface area (TPSA) is 87.7 Å². The number of carbonyl (C=O) groups excluding carboxylic acids is 3. The highest BCUT2D eigenvalue weighted by Crippen LogP contribution is 2.28. The zero-order chi connectivity index (χ0) is 25.5. The van der Waals surface area contributed by atoms with Gasteiger partial charge in [0.05, 0.1) is 6.10 Å². The van der Waals surface area contributed by atoms with E-state index >= 15 is 0 Å². The quantitative estimate of drug-likeness (QED) is 0.534. The van der Waals surface area contributed by atoms with E-state index in [0.29, 0.717) is 18.5 Å². The zero-order valence-corrected chi connectivity index (χ0v) is 21.2. The Hall–Kier alpha value is -3.03. The second-order valence-corrected chi connectivity index (χ2v) is 10.7. The van der Waals surface area contributed by atoms with Crippen LogP contribution >= 0.6 is 0 Å². The van der Waals surface area contributed by atoms with Gasteiger partial charge in [-0.1, -0.05) is 62.4 Å². The van der Waals surface area contributed by atoms with E-state index in [-0.39, 0.29) is 35.7 Å². The molecule has 2 aliphatic heterocycles. The molecule has 2 aromatic rings. The van der Waals surface area contributed by atoms with Gasteiger partial charge in [-0.2, -0.15) is 0 Å². The van der Waals surface area contributed by atoms with Gasteiger partial charge in [0.25, 0.3) is 5.91 Å². The van der Waals surface area contributed by atoms with E-state index in [1.165, 1.54) is 5.56 Å². The van der Waals surface area contributed by atoms with Gasteiger partial charge in [0.1, 0.15) is 18.7 Å². The van der Waals surface area contributed by atoms with Gasteiger partial charge in [-0.05, 0) is 61.9 Å². The summed E-state index contributed by atoms with van der Waals surface area (Å²) in [4.78, 5) is 41.5. The van der Waals surface area contributed by atoms with Crippen molar-refractivity contribution in [3.63, 3.8) is 0 Å². The van der Waals surface area contributed by atoms with Crippen LogP contribution in [0, 0.1) is 5.41 Å². The molecule has 2 amide bonds. The van der Waals surface area contributed by atoms with E-state index in [4.69, 9.17) is 4.74 Å². The molecule has 2 aromatic carbocycles. The number of rotatable bonds is 10. The molecule has 7 nitrogen and oxygen atoms in total. The number of nitrogens with one attached hydrogen (secondary N) is 2. The molecule has 0 aromatic heterocycles. The number of ether oxygens (including phenoxy) is 1. The molecular formula is C29H37N3O4. The maximum atomic E-state index is 13.6. The maximum absolute atomic E-state index is 13.6. The fourth-order valence-electron chi connectivity index (χ4n) is 5.20. The normalized spacial score (nSPS) is 21.3. The van der Waals surface area contributed by atoms with Gasteiger partial charge in [0, 0.05) is 12.1 Å². The van der Waals surface area contributed by atoms with Crippen molar-refractivity contribution in [2.24, 2.45) is 5.41 Å². The van der Waals surface area contributed by atoms with E-state index in [0.717, 1.165) is 32.4 Å². The Morgan fingerprint density at radius 2 is 1.67 bits per heavy atom. The molecule has 0 radical (unpaired) electrons. The Balaban J connectivity index is 1.48. The van der Waals surface area contributed by atoms with Gasteiger partial charge in [-0.15, -0.1) is 0 Å². The number of ketones is 1. The summed E-state index contributed by atoms with van der Waals surface area (Å²) in [6.07, 6.45) is 3.08. The summed E-state index contributed by atoms with van der Waals surface area (Å²) < 4.78 is 5.76. The van der Waals surface area contributed by atoms with Crippen LogP contribution in [0.4, 0.5) is 0 Å². The van der Waals surface area contributed by atoms with Crippen molar-refractivity contribution in [1.82, 2.24) is 15.5 Å². The van der Waals surface area contributed by atoms with Crippen LogP contribution in [-0.4, -0.2) is 66.9 Å². The lowest BCUT2D eigenvalue weighted by molar-refractivity contribution is -0.128. The summed E-state index contributed by atoms with van der Waals surface area (Å²) in [6.45, 7) is 6.78. The molecule has 2 unspecified atom stereocenters. The van der Waals surface area contributed by atoms with E-state index < -0.39 is 12.1 Å². The van der Waals surface area contributed by atoms with Crippen molar-refractivity contribution in [3.8, 4) is 0 Å². The van der Waals surface area contributed by atoms with Gasteiger partial charge < -0.3 is 20.3 Å². The molecule has 0 spiro atoms.